The van der Waals surface area contributed by atoms with Gasteiger partial charge in [-0.15, -0.1) is 0 Å². The number of nitrogens with one attached hydrogen (secondary N) is 1. The summed E-state index contributed by atoms with van der Waals surface area (Å²) in [4.78, 5) is 13.0. The lowest BCUT2D eigenvalue weighted by atomic mass is 9.58. The minimum absolute atomic E-state index is 0.101. The first-order valence-electron chi connectivity index (χ1n) is 12.0. The third-order valence-electron chi connectivity index (χ3n) is 8.29. The van der Waals surface area contributed by atoms with Gasteiger partial charge >= 0.3 is 5.97 Å². The van der Waals surface area contributed by atoms with Crippen LogP contribution < -0.4 is 5.32 Å². The van der Waals surface area contributed by atoms with Crippen molar-refractivity contribution in [3.8, 4) is 0 Å². The zero-order valence-corrected chi connectivity index (χ0v) is 19.0. The highest BCUT2D eigenvalue weighted by Gasteiger charge is 2.60. The van der Waals surface area contributed by atoms with E-state index in [-0.39, 0.29) is 17.7 Å². The Morgan fingerprint density at radius 1 is 1.29 bits per heavy atom. The van der Waals surface area contributed by atoms with Gasteiger partial charge in [-0.25, -0.2) is 4.79 Å². The van der Waals surface area contributed by atoms with Gasteiger partial charge < -0.3 is 19.5 Å². The van der Waals surface area contributed by atoms with Crippen molar-refractivity contribution >= 4 is 11.7 Å². The van der Waals surface area contributed by atoms with Crippen LogP contribution in [-0.2, 0) is 24.4 Å². The smallest absolute Gasteiger partial charge is 0.335 e. The molecular weight excluding hydrogens is 390 g/mol. The fourth-order valence-electron chi connectivity index (χ4n) is 7.27. The molecule has 0 aromatic heterocycles. The minimum atomic E-state index is -0.182. The average Bonchev–Trinajstić information content (AvgIpc) is 3.50. The quantitative estimate of drug-likeness (QED) is 0.649. The molecule has 5 unspecified atom stereocenters. The summed E-state index contributed by atoms with van der Waals surface area (Å²) in [5.41, 5.74) is 4.39. The van der Waals surface area contributed by atoms with Crippen molar-refractivity contribution in [1.82, 2.24) is 0 Å². The molecule has 0 amide bonds. The Morgan fingerprint density at radius 2 is 2.06 bits per heavy atom. The number of esters is 1. The van der Waals surface area contributed by atoms with Crippen molar-refractivity contribution in [1.29, 1.82) is 0 Å². The van der Waals surface area contributed by atoms with Gasteiger partial charge in [-0.2, -0.15) is 0 Å². The average molecular weight is 426 g/mol. The monoisotopic (exact) mass is 425 g/mol. The van der Waals surface area contributed by atoms with E-state index in [4.69, 9.17) is 14.2 Å². The van der Waals surface area contributed by atoms with E-state index in [1.54, 1.807) is 0 Å². The maximum atomic E-state index is 13.0. The van der Waals surface area contributed by atoms with Gasteiger partial charge in [0, 0.05) is 22.7 Å². The molecule has 2 aliphatic carbocycles. The molecule has 1 aromatic rings. The van der Waals surface area contributed by atoms with Crippen molar-refractivity contribution in [2.75, 3.05) is 25.6 Å². The van der Waals surface area contributed by atoms with Crippen LogP contribution >= 0.6 is 0 Å². The number of allylic oxidation sites excluding steroid dienone is 1. The number of ether oxygens (including phenoxy) is 3. The minimum Gasteiger partial charge on any atom is -0.466 e. The third kappa shape index (κ3) is 3.23. The van der Waals surface area contributed by atoms with E-state index in [0.717, 1.165) is 49.1 Å². The number of fused-ring (bicyclic) bond motifs is 1. The fourth-order valence-corrected chi connectivity index (χ4v) is 7.27. The number of hydrogen-bond acceptors (Lipinski definition) is 5. The maximum Gasteiger partial charge on any atom is 0.335 e. The Labute approximate surface area is 185 Å². The fraction of sp³-hybridized carbons (Fsp3) is 0.654. The van der Waals surface area contributed by atoms with Crippen molar-refractivity contribution < 1.29 is 19.0 Å². The van der Waals surface area contributed by atoms with Crippen molar-refractivity contribution in [2.24, 2.45) is 23.7 Å². The maximum absolute atomic E-state index is 13.0. The van der Waals surface area contributed by atoms with Gasteiger partial charge in [-0.1, -0.05) is 38.5 Å². The summed E-state index contributed by atoms with van der Waals surface area (Å²) in [5, 5.41) is 3.67. The molecule has 5 nitrogen and oxygen atoms in total. The highest BCUT2D eigenvalue weighted by molar-refractivity contribution is 5.92. The zero-order chi connectivity index (χ0) is 21.6. The topological polar surface area (TPSA) is 56.8 Å². The molecule has 31 heavy (non-hydrogen) atoms. The van der Waals surface area contributed by atoms with Crippen LogP contribution in [0.15, 0.2) is 35.5 Å². The number of para-hydroxylation sites is 1. The molecule has 5 atom stereocenters. The SMILES string of the molecule is CCCC(CC1CC(C(=O)OC)=C2Nc3ccccc3C23CCC(C)C13)C1OCCO1. The molecule has 1 spiro atoms. The Kier molecular flexibility index (Phi) is 5.59. The summed E-state index contributed by atoms with van der Waals surface area (Å²) in [6.45, 7) is 6.02. The molecule has 1 saturated heterocycles. The molecule has 1 N–H and O–H groups in total. The van der Waals surface area contributed by atoms with Crippen molar-refractivity contribution in [2.45, 2.75) is 64.1 Å². The molecule has 0 bridgehead atoms. The summed E-state index contributed by atoms with van der Waals surface area (Å²) in [7, 11) is 1.50. The molecule has 0 radical (unpaired) electrons. The Morgan fingerprint density at radius 3 is 2.81 bits per heavy atom. The van der Waals surface area contributed by atoms with E-state index in [1.165, 1.54) is 19.1 Å². The highest BCUT2D eigenvalue weighted by Crippen LogP contribution is 2.65. The van der Waals surface area contributed by atoms with Gasteiger partial charge in [0.15, 0.2) is 6.29 Å². The summed E-state index contributed by atoms with van der Waals surface area (Å²) in [6, 6.07) is 8.64. The van der Waals surface area contributed by atoms with Crippen molar-refractivity contribution in [3.63, 3.8) is 0 Å². The van der Waals surface area contributed by atoms with Crippen LogP contribution in [0.4, 0.5) is 5.69 Å². The van der Waals surface area contributed by atoms with Crippen LogP contribution in [0, 0.1) is 23.7 Å². The first-order valence-corrected chi connectivity index (χ1v) is 12.0. The molecular formula is C26H35NO4. The van der Waals surface area contributed by atoms with E-state index in [0.29, 0.717) is 36.9 Å². The highest BCUT2D eigenvalue weighted by atomic mass is 16.7. The first-order chi connectivity index (χ1) is 15.1. The van der Waals surface area contributed by atoms with E-state index < -0.39 is 0 Å². The number of benzene rings is 1. The van der Waals surface area contributed by atoms with Crippen LogP contribution in [0.2, 0.25) is 0 Å². The van der Waals surface area contributed by atoms with E-state index in [1.807, 2.05) is 0 Å². The van der Waals surface area contributed by atoms with Crippen LogP contribution in [-0.4, -0.2) is 32.6 Å². The summed E-state index contributed by atoms with van der Waals surface area (Å²) < 4.78 is 17.2. The largest absolute Gasteiger partial charge is 0.466 e. The van der Waals surface area contributed by atoms with Crippen LogP contribution in [0.5, 0.6) is 0 Å². The molecule has 5 rings (SSSR count). The number of rotatable bonds is 6. The Balaban J connectivity index is 1.58. The second-order valence-corrected chi connectivity index (χ2v) is 9.89. The van der Waals surface area contributed by atoms with Gasteiger partial charge in [0.05, 0.1) is 25.9 Å². The lowest BCUT2D eigenvalue weighted by molar-refractivity contribution is -0.137. The van der Waals surface area contributed by atoms with E-state index >= 15 is 0 Å². The molecule has 2 aliphatic heterocycles. The van der Waals surface area contributed by atoms with Gasteiger partial charge in [0.1, 0.15) is 0 Å². The lowest BCUT2D eigenvalue weighted by Gasteiger charge is -2.46. The number of carbonyl (C=O) groups is 1. The van der Waals surface area contributed by atoms with Crippen LogP contribution in [0.25, 0.3) is 0 Å². The Bertz CT molecular complexity index is 874. The normalized spacial score (nSPS) is 32.9. The number of hydrogen-bond donors (Lipinski definition) is 1. The zero-order valence-electron chi connectivity index (χ0n) is 19.0. The number of carbonyl (C=O) groups excluding carboxylic acids is 1. The second-order valence-electron chi connectivity index (χ2n) is 9.89. The number of methoxy groups -OCH3 is 1. The summed E-state index contributed by atoms with van der Waals surface area (Å²) in [5.74, 6) is 1.71. The molecule has 4 aliphatic rings. The standard InChI is InChI=1S/C26H35NO4/c1-4-7-17(25-30-12-13-31-25)14-18-15-19(24(28)29-3)23-26(11-10-16(2)22(18)26)20-8-5-6-9-21(20)27-23/h5-6,8-9,16-18,22,25,27H,4,7,10-15H2,1-3H3. The van der Waals surface area contributed by atoms with Gasteiger partial charge in [0.25, 0.3) is 0 Å². The third-order valence-corrected chi connectivity index (χ3v) is 8.29. The van der Waals surface area contributed by atoms with Gasteiger partial charge in [-0.05, 0) is 61.5 Å². The predicted octanol–water partition coefficient (Wildman–Crippen LogP) is 5.02. The lowest BCUT2D eigenvalue weighted by Crippen LogP contribution is -2.44. The van der Waals surface area contributed by atoms with E-state index in [2.05, 4.69) is 43.4 Å². The molecule has 1 aromatic carbocycles. The molecule has 2 heterocycles. The second kappa shape index (κ2) is 8.25. The molecule has 168 valence electrons. The first kappa shape index (κ1) is 21.0. The van der Waals surface area contributed by atoms with E-state index in [9.17, 15) is 4.79 Å². The molecule has 1 saturated carbocycles. The van der Waals surface area contributed by atoms with Gasteiger partial charge in [0.2, 0.25) is 0 Å². The summed E-state index contributed by atoms with van der Waals surface area (Å²) >= 11 is 0. The van der Waals surface area contributed by atoms with Gasteiger partial charge in [-0.3, -0.25) is 0 Å². The van der Waals surface area contributed by atoms with Crippen molar-refractivity contribution in [3.05, 3.63) is 41.1 Å². The molecule has 2 fully saturated rings. The Hall–Kier alpha value is -1.85. The number of anilines is 1. The molecule has 5 heteroatoms. The predicted molar refractivity (Wildman–Crippen MR) is 119 cm³/mol. The van der Waals surface area contributed by atoms with Crippen LogP contribution in [0.3, 0.4) is 0 Å². The van der Waals surface area contributed by atoms with Crippen LogP contribution in [0.1, 0.15) is 57.9 Å². The summed E-state index contributed by atoms with van der Waals surface area (Å²) in [6.07, 6.45) is 6.18.